The van der Waals surface area contributed by atoms with Crippen molar-refractivity contribution in [1.82, 2.24) is 25.5 Å². The van der Waals surface area contributed by atoms with Crippen molar-refractivity contribution in [1.29, 1.82) is 0 Å². The van der Waals surface area contributed by atoms with Gasteiger partial charge in [0.1, 0.15) is 0 Å². The van der Waals surface area contributed by atoms with E-state index < -0.39 is 0 Å². The van der Waals surface area contributed by atoms with Crippen LogP contribution in [0.3, 0.4) is 0 Å². The topological polar surface area (TPSA) is 55.6 Å². The smallest absolute Gasteiger partial charge is 0.165 e. The first kappa shape index (κ1) is 12.4. The first-order valence-electron chi connectivity index (χ1n) is 5.18. The molecule has 0 amide bonds. The second-order valence-electron chi connectivity index (χ2n) is 3.84. The quantitative estimate of drug-likeness (QED) is 0.749. The van der Waals surface area contributed by atoms with Crippen LogP contribution in [0.4, 0.5) is 0 Å². The second-order valence-corrected chi connectivity index (χ2v) is 4.82. The number of nitrogens with one attached hydrogen (secondary N) is 1. The van der Waals surface area contributed by atoms with Crippen LogP contribution in [0.5, 0.6) is 0 Å². The minimum atomic E-state index is 0.653. The number of rotatable bonds is 7. The fourth-order valence-electron chi connectivity index (χ4n) is 1.17. The summed E-state index contributed by atoms with van der Waals surface area (Å²) in [6, 6.07) is 0. The Morgan fingerprint density at radius 3 is 2.93 bits per heavy atom. The highest BCUT2D eigenvalue weighted by atomic mass is 32.2. The molecule has 0 bridgehead atoms. The second kappa shape index (κ2) is 6.79. The normalized spacial score (nSPS) is 11.2. The Morgan fingerprint density at radius 2 is 2.27 bits per heavy atom. The van der Waals surface area contributed by atoms with Crippen LogP contribution in [0.2, 0.25) is 0 Å². The van der Waals surface area contributed by atoms with Crippen molar-refractivity contribution in [2.24, 2.45) is 5.92 Å². The summed E-state index contributed by atoms with van der Waals surface area (Å²) in [6.07, 6.45) is 2.08. The lowest BCUT2D eigenvalue weighted by Crippen LogP contribution is -2.22. The lowest BCUT2D eigenvalue weighted by molar-refractivity contribution is 0.519. The number of hydrogen-bond acceptors (Lipinski definition) is 5. The van der Waals surface area contributed by atoms with Crippen molar-refractivity contribution in [2.45, 2.75) is 26.9 Å². The largest absolute Gasteiger partial charge is 0.310 e. The van der Waals surface area contributed by atoms with E-state index in [1.54, 1.807) is 11.8 Å². The van der Waals surface area contributed by atoms with Crippen LogP contribution in [0.25, 0.3) is 0 Å². The fourth-order valence-corrected chi connectivity index (χ4v) is 1.53. The highest BCUT2D eigenvalue weighted by Gasteiger charge is 2.04. The molecule has 1 aromatic rings. The van der Waals surface area contributed by atoms with Crippen LogP contribution in [-0.2, 0) is 13.1 Å². The van der Waals surface area contributed by atoms with Crippen molar-refractivity contribution in [3.8, 4) is 0 Å². The number of aryl methyl sites for hydroxylation is 1. The highest BCUT2D eigenvalue weighted by molar-refractivity contribution is 7.98. The van der Waals surface area contributed by atoms with Crippen molar-refractivity contribution < 1.29 is 0 Å². The predicted molar refractivity (Wildman–Crippen MR) is 62.7 cm³/mol. The van der Waals surface area contributed by atoms with E-state index in [2.05, 4.69) is 40.9 Å². The summed E-state index contributed by atoms with van der Waals surface area (Å²) >= 11 is 1.80. The van der Waals surface area contributed by atoms with Gasteiger partial charge in [-0.1, -0.05) is 13.8 Å². The van der Waals surface area contributed by atoms with Crippen LogP contribution in [0.15, 0.2) is 0 Å². The number of aromatic nitrogens is 4. The van der Waals surface area contributed by atoms with Gasteiger partial charge < -0.3 is 5.32 Å². The summed E-state index contributed by atoms with van der Waals surface area (Å²) in [5.74, 6) is 2.62. The monoisotopic (exact) mass is 229 g/mol. The molecule has 0 atom stereocenters. The molecule has 0 aliphatic heterocycles. The van der Waals surface area contributed by atoms with Gasteiger partial charge in [-0.25, -0.2) is 4.68 Å². The first-order chi connectivity index (χ1) is 7.24. The van der Waals surface area contributed by atoms with E-state index in [-0.39, 0.29) is 0 Å². The van der Waals surface area contributed by atoms with Gasteiger partial charge in [0.25, 0.3) is 0 Å². The lowest BCUT2D eigenvalue weighted by atomic mass is 10.2. The lowest BCUT2D eigenvalue weighted by Gasteiger charge is -2.07. The summed E-state index contributed by atoms with van der Waals surface area (Å²) in [6.45, 7) is 7.00. The van der Waals surface area contributed by atoms with Crippen LogP contribution < -0.4 is 5.32 Å². The summed E-state index contributed by atoms with van der Waals surface area (Å²) in [7, 11) is 0. The molecule has 5 nitrogen and oxygen atoms in total. The van der Waals surface area contributed by atoms with Gasteiger partial charge in [-0.15, -0.1) is 5.10 Å². The molecule has 0 radical (unpaired) electrons. The van der Waals surface area contributed by atoms with Crippen LogP contribution in [0.1, 0.15) is 19.7 Å². The molecule has 1 aromatic heterocycles. The molecule has 86 valence electrons. The van der Waals surface area contributed by atoms with E-state index in [1.165, 1.54) is 0 Å². The average Bonchev–Trinajstić information content (AvgIpc) is 2.62. The Kier molecular flexibility index (Phi) is 5.63. The number of nitrogens with zero attached hydrogens (tertiary/aromatic N) is 4. The maximum Gasteiger partial charge on any atom is 0.165 e. The standard InChI is InChI=1S/C9H19N5S/c1-8(2)6-10-7-9-11-12-13-14(9)4-5-15-3/h8,10H,4-7H2,1-3H3. The molecule has 15 heavy (non-hydrogen) atoms. The van der Waals surface area contributed by atoms with Crippen molar-refractivity contribution in [3.05, 3.63) is 5.82 Å². The molecule has 1 rings (SSSR count). The van der Waals surface area contributed by atoms with Crippen LogP contribution >= 0.6 is 11.8 Å². The van der Waals surface area contributed by atoms with E-state index in [1.807, 2.05) is 4.68 Å². The predicted octanol–water partition coefficient (Wildman–Crippen LogP) is 0.782. The third-order valence-electron chi connectivity index (χ3n) is 1.95. The zero-order valence-electron chi connectivity index (χ0n) is 9.60. The molecule has 0 aromatic carbocycles. The molecule has 1 N–H and O–H groups in total. The van der Waals surface area contributed by atoms with Gasteiger partial charge in [0.2, 0.25) is 0 Å². The third-order valence-corrected chi connectivity index (χ3v) is 2.54. The first-order valence-corrected chi connectivity index (χ1v) is 6.58. The summed E-state index contributed by atoms with van der Waals surface area (Å²) in [5, 5.41) is 15.0. The molecule has 0 spiro atoms. The van der Waals surface area contributed by atoms with Gasteiger partial charge in [-0.2, -0.15) is 11.8 Å². The molecular weight excluding hydrogens is 210 g/mol. The Balaban J connectivity index is 2.35. The van der Waals surface area contributed by atoms with E-state index >= 15 is 0 Å². The van der Waals surface area contributed by atoms with Crippen LogP contribution in [-0.4, -0.2) is 38.8 Å². The Morgan fingerprint density at radius 1 is 1.47 bits per heavy atom. The molecule has 1 heterocycles. The zero-order chi connectivity index (χ0) is 11.1. The number of thioether (sulfide) groups is 1. The van der Waals surface area contributed by atoms with Gasteiger partial charge in [-0.3, -0.25) is 0 Å². The third kappa shape index (κ3) is 4.61. The SMILES string of the molecule is CSCCn1nnnc1CNCC(C)C. The minimum Gasteiger partial charge on any atom is -0.310 e. The van der Waals surface area contributed by atoms with Gasteiger partial charge in [0.05, 0.1) is 13.1 Å². The maximum absolute atomic E-state index is 4.00. The van der Waals surface area contributed by atoms with E-state index in [4.69, 9.17) is 0 Å². The Hall–Kier alpha value is -0.620. The molecule has 0 saturated heterocycles. The summed E-state index contributed by atoms with van der Waals surface area (Å²) in [4.78, 5) is 0. The summed E-state index contributed by atoms with van der Waals surface area (Å²) in [5.41, 5.74) is 0. The van der Waals surface area contributed by atoms with Gasteiger partial charge >= 0.3 is 0 Å². The molecule has 0 aliphatic carbocycles. The molecule has 0 unspecified atom stereocenters. The minimum absolute atomic E-state index is 0.653. The fraction of sp³-hybridized carbons (Fsp3) is 0.889. The average molecular weight is 229 g/mol. The van der Waals surface area contributed by atoms with Gasteiger partial charge in [0, 0.05) is 5.75 Å². The van der Waals surface area contributed by atoms with Crippen molar-refractivity contribution >= 4 is 11.8 Å². The highest BCUT2D eigenvalue weighted by Crippen LogP contribution is 1.97. The zero-order valence-corrected chi connectivity index (χ0v) is 10.4. The summed E-state index contributed by atoms with van der Waals surface area (Å²) < 4.78 is 1.86. The van der Waals surface area contributed by atoms with Crippen molar-refractivity contribution in [3.63, 3.8) is 0 Å². The van der Waals surface area contributed by atoms with E-state index in [0.29, 0.717) is 5.92 Å². The van der Waals surface area contributed by atoms with E-state index in [0.717, 1.165) is 31.2 Å². The van der Waals surface area contributed by atoms with E-state index in [9.17, 15) is 0 Å². The number of tetrazole rings is 1. The number of hydrogen-bond donors (Lipinski definition) is 1. The maximum atomic E-state index is 4.00. The molecule has 0 aliphatic rings. The molecule has 0 saturated carbocycles. The Bertz CT molecular complexity index is 273. The molecular formula is C9H19N5S. The molecule has 6 heteroatoms. The Labute approximate surface area is 95.0 Å². The van der Waals surface area contributed by atoms with Gasteiger partial charge in [-0.05, 0) is 29.1 Å². The van der Waals surface area contributed by atoms with Gasteiger partial charge in [0.15, 0.2) is 5.82 Å². The van der Waals surface area contributed by atoms with Crippen LogP contribution in [0, 0.1) is 5.92 Å². The van der Waals surface area contributed by atoms with Crippen molar-refractivity contribution in [2.75, 3.05) is 18.6 Å². The molecule has 0 fully saturated rings.